The average Bonchev–Trinajstić information content (AvgIpc) is 2.92. The number of imidazole rings is 1. The Hall–Kier alpha value is -2.80. The van der Waals surface area contributed by atoms with Crippen molar-refractivity contribution >= 4 is 28.7 Å². The molecule has 8 heteroatoms. The first kappa shape index (κ1) is 16.1. The van der Waals surface area contributed by atoms with Gasteiger partial charge in [-0.2, -0.15) is 4.98 Å². The number of nitrogens with zero attached hydrogens (tertiary/aromatic N) is 3. The Labute approximate surface area is 142 Å². The summed E-state index contributed by atoms with van der Waals surface area (Å²) >= 11 is 6.23. The molecule has 0 aliphatic heterocycles. The predicted octanol–water partition coefficient (Wildman–Crippen LogP) is 1.72. The van der Waals surface area contributed by atoms with Gasteiger partial charge < -0.3 is 5.32 Å². The smallest absolute Gasteiger partial charge is 0.329 e. The van der Waals surface area contributed by atoms with Gasteiger partial charge in [-0.15, -0.1) is 6.58 Å². The van der Waals surface area contributed by atoms with Crippen LogP contribution in [0.25, 0.3) is 11.2 Å². The average molecular weight is 346 g/mol. The first-order valence-electron chi connectivity index (χ1n) is 7.30. The molecule has 0 bridgehead atoms. The maximum atomic E-state index is 12.3. The molecule has 0 aliphatic rings. The Bertz CT molecular complexity index is 1030. The van der Waals surface area contributed by atoms with Crippen LogP contribution in [0.3, 0.4) is 0 Å². The summed E-state index contributed by atoms with van der Waals surface area (Å²) in [7, 11) is 1.56. The lowest BCUT2D eigenvalue weighted by atomic mass is 10.2. The second-order valence-electron chi connectivity index (χ2n) is 5.27. The standard InChI is InChI=1S/C16H16ClN5O2/c1-3-8-18-15-19-13-12(14(23)20-16(24)21(13)2)22(15)9-10-6-4-5-7-11(10)17/h3-7H,1,8-9H2,2H3,(H,18,19)(H,20,23,24). The Kier molecular flexibility index (Phi) is 4.26. The van der Waals surface area contributed by atoms with E-state index in [1.807, 2.05) is 18.2 Å². The molecule has 0 unspecified atom stereocenters. The van der Waals surface area contributed by atoms with Crippen LogP contribution in [0.5, 0.6) is 0 Å². The van der Waals surface area contributed by atoms with Crippen molar-refractivity contribution in [3.8, 4) is 0 Å². The number of benzene rings is 1. The third-order valence-electron chi connectivity index (χ3n) is 3.70. The predicted molar refractivity (Wildman–Crippen MR) is 94.8 cm³/mol. The van der Waals surface area contributed by atoms with Crippen LogP contribution >= 0.6 is 11.6 Å². The summed E-state index contributed by atoms with van der Waals surface area (Å²) in [6, 6.07) is 7.37. The van der Waals surface area contributed by atoms with Crippen molar-refractivity contribution in [1.29, 1.82) is 0 Å². The van der Waals surface area contributed by atoms with Crippen molar-refractivity contribution in [2.45, 2.75) is 6.54 Å². The lowest BCUT2D eigenvalue weighted by Gasteiger charge is -2.10. The van der Waals surface area contributed by atoms with Crippen molar-refractivity contribution in [3.63, 3.8) is 0 Å². The van der Waals surface area contributed by atoms with Crippen molar-refractivity contribution < 1.29 is 0 Å². The molecule has 2 aromatic heterocycles. The van der Waals surface area contributed by atoms with E-state index in [1.54, 1.807) is 23.8 Å². The summed E-state index contributed by atoms with van der Waals surface area (Å²) in [6.07, 6.45) is 1.68. The van der Waals surface area contributed by atoms with E-state index < -0.39 is 11.2 Å². The number of nitrogens with one attached hydrogen (secondary N) is 2. The van der Waals surface area contributed by atoms with E-state index in [9.17, 15) is 9.59 Å². The largest absolute Gasteiger partial charge is 0.352 e. The molecular formula is C16H16ClN5O2. The van der Waals surface area contributed by atoms with Crippen molar-refractivity contribution in [3.05, 3.63) is 68.3 Å². The van der Waals surface area contributed by atoms with E-state index >= 15 is 0 Å². The Morgan fingerprint density at radius 2 is 2.12 bits per heavy atom. The van der Waals surface area contributed by atoms with Crippen LogP contribution < -0.4 is 16.6 Å². The number of rotatable bonds is 5. The monoisotopic (exact) mass is 345 g/mol. The second-order valence-corrected chi connectivity index (χ2v) is 5.68. The molecule has 0 atom stereocenters. The van der Waals surface area contributed by atoms with Gasteiger partial charge in [-0.05, 0) is 11.6 Å². The van der Waals surface area contributed by atoms with Crippen molar-refractivity contribution in [2.75, 3.05) is 11.9 Å². The van der Waals surface area contributed by atoms with Gasteiger partial charge in [0.1, 0.15) is 0 Å². The topological polar surface area (TPSA) is 84.7 Å². The van der Waals surface area contributed by atoms with Crippen molar-refractivity contribution in [2.24, 2.45) is 7.05 Å². The molecule has 0 radical (unpaired) electrons. The van der Waals surface area contributed by atoms with Gasteiger partial charge in [-0.1, -0.05) is 35.9 Å². The van der Waals surface area contributed by atoms with Gasteiger partial charge in [-0.3, -0.25) is 18.9 Å². The summed E-state index contributed by atoms with van der Waals surface area (Å²) in [4.78, 5) is 30.8. The molecule has 1 aromatic carbocycles. The Morgan fingerprint density at radius 3 is 2.83 bits per heavy atom. The zero-order valence-corrected chi connectivity index (χ0v) is 13.8. The zero-order valence-electron chi connectivity index (χ0n) is 13.0. The highest BCUT2D eigenvalue weighted by Crippen LogP contribution is 2.21. The fourth-order valence-electron chi connectivity index (χ4n) is 2.48. The minimum absolute atomic E-state index is 0.308. The van der Waals surface area contributed by atoms with Gasteiger partial charge in [0.15, 0.2) is 11.2 Å². The number of hydrogen-bond donors (Lipinski definition) is 2. The molecule has 24 heavy (non-hydrogen) atoms. The highest BCUT2D eigenvalue weighted by molar-refractivity contribution is 6.31. The van der Waals surface area contributed by atoms with E-state index in [-0.39, 0.29) is 0 Å². The van der Waals surface area contributed by atoms with Crippen molar-refractivity contribution in [1.82, 2.24) is 19.1 Å². The summed E-state index contributed by atoms with van der Waals surface area (Å²) in [5.41, 5.74) is 0.462. The highest BCUT2D eigenvalue weighted by Gasteiger charge is 2.17. The number of aromatic amines is 1. The molecule has 0 saturated carbocycles. The molecule has 3 rings (SSSR count). The SMILES string of the molecule is C=CCNc1nc2c(c(=O)[nH]c(=O)n2C)n1Cc1ccccc1Cl. The maximum absolute atomic E-state index is 12.3. The number of hydrogen-bond acceptors (Lipinski definition) is 4. The van der Waals surface area contributed by atoms with Gasteiger partial charge in [0, 0.05) is 18.6 Å². The molecule has 3 aromatic rings. The normalized spacial score (nSPS) is 10.9. The van der Waals surface area contributed by atoms with E-state index in [0.29, 0.717) is 35.2 Å². The van der Waals surface area contributed by atoms with Gasteiger partial charge >= 0.3 is 5.69 Å². The molecule has 2 N–H and O–H groups in total. The first-order chi connectivity index (χ1) is 11.5. The van der Waals surface area contributed by atoms with Crippen LogP contribution in [0.2, 0.25) is 5.02 Å². The van der Waals surface area contributed by atoms with Gasteiger partial charge in [0.2, 0.25) is 5.95 Å². The number of aryl methyl sites for hydroxylation is 1. The fraction of sp³-hybridized carbons (Fsp3) is 0.188. The second kappa shape index (κ2) is 6.37. The molecule has 124 valence electrons. The minimum Gasteiger partial charge on any atom is -0.352 e. The minimum atomic E-state index is -0.509. The number of anilines is 1. The molecular weight excluding hydrogens is 330 g/mol. The van der Waals surface area contributed by atoms with Crippen LogP contribution in [0, 0.1) is 0 Å². The lowest BCUT2D eigenvalue weighted by Crippen LogP contribution is -2.29. The van der Waals surface area contributed by atoms with Crippen LogP contribution in [-0.2, 0) is 13.6 Å². The van der Waals surface area contributed by atoms with E-state index in [1.165, 1.54) is 4.57 Å². The van der Waals surface area contributed by atoms with E-state index in [0.717, 1.165) is 5.56 Å². The van der Waals surface area contributed by atoms with Crippen LogP contribution in [0.4, 0.5) is 5.95 Å². The number of aromatic nitrogens is 4. The molecule has 7 nitrogen and oxygen atoms in total. The molecule has 0 spiro atoms. The Morgan fingerprint density at radius 1 is 1.38 bits per heavy atom. The molecule has 0 fully saturated rings. The Balaban J connectivity index is 2.25. The molecule has 0 aliphatic carbocycles. The third kappa shape index (κ3) is 2.74. The summed E-state index contributed by atoms with van der Waals surface area (Å²) in [5, 5.41) is 3.68. The molecule has 0 amide bonds. The van der Waals surface area contributed by atoms with E-state index in [4.69, 9.17) is 11.6 Å². The lowest BCUT2D eigenvalue weighted by molar-refractivity contribution is 0.809. The number of H-pyrrole nitrogens is 1. The maximum Gasteiger partial charge on any atom is 0.329 e. The first-order valence-corrected chi connectivity index (χ1v) is 7.68. The highest BCUT2D eigenvalue weighted by atomic mass is 35.5. The summed E-state index contributed by atoms with van der Waals surface area (Å²) in [6.45, 7) is 4.48. The fourth-order valence-corrected chi connectivity index (χ4v) is 2.68. The zero-order chi connectivity index (χ0) is 17.3. The van der Waals surface area contributed by atoms with Crippen LogP contribution in [0.15, 0.2) is 46.5 Å². The third-order valence-corrected chi connectivity index (χ3v) is 4.07. The van der Waals surface area contributed by atoms with Gasteiger partial charge in [-0.25, -0.2) is 4.79 Å². The molecule has 2 heterocycles. The van der Waals surface area contributed by atoms with Crippen LogP contribution in [0.1, 0.15) is 5.56 Å². The number of fused-ring (bicyclic) bond motifs is 1. The van der Waals surface area contributed by atoms with Crippen LogP contribution in [-0.4, -0.2) is 25.6 Å². The molecule has 0 saturated heterocycles. The summed E-state index contributed by atoms with van der Waals surface area (Å²) < 4.78 is 3.01. The van der Waals surface area contributed by atoms with Gasteiger partial charge in [0.05, 0.1) is 6.54 Å². The van der Waals surface area contributed by atoms with Gasteiger partial charge in [0.25, 0.3) is 5.56 Å². The van der Waals surface area contributed by atoms with E-state index in [2.05, 4.69) is 21.9 Å². The summed E-state index contributed by atoms with van der Waals surface area (Å²) in [5.74, 6) is 0.469. The number of halogens is 1. The quantitative estimate of drug-likeness (QED) is 0.690.